The molecule has 18 heavy (non-hydrogen) atoms. The lowest BCUT2D eigenvalue weighted by molar-refractivity contribution is -0.138. The Hall–Kier alpha value is -2.03. The quantitative estimate of drug-likeness (QED) is 0.883. The number of amides is 1. The fraction of sp³-hybridized carbons (Fsp3) is 0.333. The van der Waals surface area contributed by atoms with E-state index in [1.165, 1.54) is 26.0 Å². The van der Waals surface area contributed by atoms with E-state index in [-0.39, 0.29) is 11.3 Å². The van der Waals surface area contributed by atoms with Crippen molar-refractivity contribution < 1.29 is 18.0 Å². The monoisotopic (exact) mass is 256 g/mol. The van der Waals surface area contributed by atoms with Crippen LogP contribution in [0.5, 0.6) is 0 Å². The molecule has 0 heterocycles. The Morgan fingerprint density at radius 1 is 1.44 bits per heavy atom. The zero-order valence-electron chi connectivity index (χ0n) is 9.80. The molecule has 1 unspecified atom stereocenters. The van der Waals surface area contributed by atoms with Gasteiger partial charge in [0.25, 0.3) is 0 Å². The molecule has 0 spiro atoms. The molecule has 0 aliphatic carbocycles. The fourth-order valence-electron chi connectivity index (χ4n) is 1.31. The maximum Gasteiger partial charge on any atom is 0.416 e. The molecule has 96 valence electrons. The molecule has 3 nitrogen and oxygen atoms in total. The van der Waals surface area contributed by atoms with Crippen LogP contribution in [0.15, 0.2) is 18.2 Å². The van der Waals surface area contributed by atoms with Crippen molar-refractivity contribution in [2.75, 3.05) is 5.32 Å². The molecule has 1 amide bonds. The van der Waals surface area contributed by atoms with Crippen LogP contribution < -0.4 is 5.32 Å². The summed E-state index contributed by atoms with van der Waals surface area (Å²) < 4.78 is 37.9. The fourth-order valence-corrected chi connectivity index (χ4v) is 1.31. The van der Waals surface area contributed by atoms with E-state index >= 15 is 0 Å². The first-order chi connectivity index (χ1) is 8.25. The van der Waals surface area contributed by atoms with E-state index in [9.17, 15) is 18.0 Å². The third-order valence-electron chi connectivity index (χ3n) is 2.40. The average molecular weight is 256 g/mol. The number of nitrogens with one attached hydrogen (secondary N) is 1. The highest BCUT2D eigenvalue weighted by Crippen LogP contribution is 2.33. The van der Waals surface area contributed by atoms with Crippen LogP contribution >= 0.6 is 0 Å². The molecule has 6 heteroatoms. The number of carbonyl (C=O) groups is 1. The smallest absolute Gasteiger partial charge is 0.325 e. The zero-order chi connectivity index (χ0) is 13.9. The maximum absolute atomic E-state index is 12.6. The normalized spacial score (nSPS) is 12.7. The number of rotatable bonds is 2. The van der Waals surface area contributed by atoms with Crippen LogP contribution in [0.4, 0.5) is 18.9 Å². The minimum absolute atomic E-state index is 0.0278. The number of hydrogen-bond donors (Lipinski definition) is 1. The molecule has 0 aromatic heterocycles. The maximum atomic E-state index is 12.6. The molecular weight excluding hydrogens is 245 g/mol. The highest BCUT2D eigenvalue weighted by Gasteiger charge is 2.32. The Balaban J connectivity index is 3.01. The number of nitriles is 1. The van der Waals surface area contributed by atoms with Gasteiger partial charge in [-0.25, -0.2) is 0 Å². The zero-order valence-corrected chi connectivity index (χ0v) is 9.80. The van der Waals surface area contributed by atoms with Crippen LogP contribution in [0.2, 0.25) is 0 Å². The van der Waals surface area contributed by atoms with Gasteiger partial charge in [-0.1, -0.05) is 6.07 Å². The van der Waals surface area contributed by atoms with Gasteiger partial charge in [0.1, 0.15) is 5.92 Å². The third kappa shape index (κ3) is 3.23. The van der Waals surface area contributed by atoms with Crippen LogP contribution in [0, 0.1) is 24.2 Å². The van der Waals surface area contributed by atoms with E-state index in [4.69, 9.17) is 5.26 Å². The second-order valence-electron chi connectivity index (χ2n) is 3.87. The minimum Gasteiger partial charge on any atom is -0.325 e. The van der Waals surface area contributed by atoms with Gasteiger partial charge in [0.05, 0.1) is 11.6 Å². The number of aryl methyl sites for hydroxylation is 1. The summed E-state index contributed by atoms with van der Waals surface area (Å²) >= 11 is 0. The van der Waals surface area contributed by atoms with E-state index in [1.807, 2.05) is 0 Å². The number of alkyl halides is 3. The second-order valence-corrected chi connectivity index (χ2v) is 3.87. The van der Waals surface area contributed by atoms with E-state index in [0.29, 0.717) is 0 Å². The summed E-state index contributed by atoms with van der Waals surface area (Å²) in [4.78, 5) is 11.4. The molecule has 0 radical (unpaired) electrons. The van der Waals surface area contributed by atoms with Crippen LogP contribution in [-0.2, 0) is 11.0 Å². The topological polar surface area (TPSA) is 52.9 Å². The van der Waals surface area contributed by atoms with Gasteiger partial charge >= 0.3 is 6.18 Å². The van der Waals surface area contributed by atoms with Gasteiger partial charge in [-0.3, -0.25) is 4.79 Å². The number of nitrogens with zero attached hydrogens (tertiary/aromatic N) is 1. The Morgan fingerprint density at radius 2 is 2.06 bits per heavy atom. The van der Waals surface area contributed by atoms with Gasteiger partial charge in [-0.2, -0.15) is 18.4 Å². The lowest BCUT2D eigenvalue weighted by Gasteiger charge is -2.13. The van der Waals surface area contributed by atoms with Gasteiger partial charge in [-0.05, 0) is 31.5 Å². The number of carbonyl (C=O) groups excluding carboxylic acids is 1. The first kappa shape index (κ1) is 14.0. The van der Waals surface area contributed by atoms with E-state index in [1.54, 1.807) is 6.07 Å². The Labute approximate surface area is 102 Å². The largest absolute Gasteiger partial charge is 0.416 e. The predicted octanol–water partition coefficient (Wildman–Crippen LogP) is 3.11. The molecule has 0 saturated carbocycles. The summed E-state index contributed by atoms with van der Waals surface area (Å²) in [5.74, 6) is -1.55. The van der Waals surface area contributed by atoms with Crippen molar-refractivity contribution in [3.05, 3.63) is 29.3 Å². The molecule has 0 saturated heterocycles. The SMILES string of the molecule is Cc1ccc(NC(=O)C(C)C#N)cc1C(F)(F)F. The van der Waals surface area contributed by atoms with Crippen molar-refractivity contribution in [2.24, 2.45) is 5.92 Å². The van der Waals surface area contributed by atoms with Gasteiger partial charge < -0.3 is 5.32 Å². The van der Waals surface area contributed by atoms with E-state index < -0.39 is 23.6 Å². The van der Waals surface area contributed by atoms with Crippen molar-refractivity contribution in [3.8, 4) is 6.07 Å². The standard InChI is InChI=1S/C12H11F3N2O/c1-7-3-4-9(5-10(7)12(13,14)15)17-11(18)8(2)6-16/h3-5,8H,1-2H3,(H,17,18). The highest BCUT2D eigenvalue weighted by atomic mass is 19.4. The highest BCUT2D eigenvalue weighted by molar-refractivity contribution is 5.93. The lowest BCUT2D eigenvalue weighted by Crippen LogP contribution is -2.19. The summed E-state index contributed by atoms with van der Waals surface area (Å²) in [5, 5.41) is 10.8. The molecule has 0 fully saturated rings. The molecule has 1 atom stereocenters. The molecule has 1 aromatic carbocycles. The second kappa shape index (κ2) is 5.08. The predicted molar refractivity (Wildman–Crippen MR) is 59.6 cm³/mol. The van der Waals surface area contributed by atoms with Crippen molar-refractivity contribution in [3.63, 3.8) is 0 Å². The van der Waals surface area contributed by atoms with Crippen molar-refractivity contribution >= 4 is 11.6 Å². The summed E-state index contributed by atoms with van der Waals surface area (Å²) in [6.07, 6.45) is -4.47. The summed E-state index contributed by atoms with van der Waals surface area (Å²) in [6.45, 7) is 2.71. The molecule has 0 aliphatic rings. The van der Waals surface area contributed by atoms with Gasteiger partial charge in [0, 0.05) is 5.69 Å². The first-order valence-corrected chi connectivity index (χ1v) is 5.14. The van der Waals surface area contributed by atoms with Crippen LogP contribution in [0.1, 0.15) is 18.1 Å². The molecular formula is C12H11F3N2O. The molecule has 1 N–H and O–H groups in total. The summed E-state index contributed by atoms with van der Waals surface area (Å²) in [7, 11) is 0. The number of benzene rings is 1. The van der Waals surface area contributed by atoms with Crippen LogP contribution in [0.3, 0.4) is 0 Å². The van der Waals surface area contributed by atoms with Crippen LogP contribution in [-0.4, -0.2) is 5.91 Å². The van der Waals surface area contributed by atoms with E-state index in [2.05, 4.69) is 5.32 Å². The summed E-state index contributed by atoms with van der Waals surface area (Å²) in [5.41, 5.74) is -0.696. The van der Waals surface area contributed by atoms with Gasteiger partial charge in [0.2, 0.25) is 5.91 Å². The molecule has 0 bridgehead atoms. The third-order valence-corrected chi connectivity index (χ3v) is 2.40. The number of anilines is 1. The lowest BCUT2D eigenvalue weighted by atomic mass is 10.1. The number of hydrogen-bond acceptors (Lipinski definition) is 2. The van der Waals surface area contributed by atoms with Crippen molar-refractivity contribution in [1.29, 1.82) is 5.26 Å². The Kier molecular flexibility index (Phi) is 3.96. The van der Waals surface area contributed by atoms with E-state index in [0.717, 1.165) is 6.07 Å². The number of halogens is 3. The average Bonchev–Trinajstić information content (AvgIpc) is 2.29. The minimum atomic E-state index is -4.47. The first-order valence-electron chi connectivity index (χ1n) is 5.14. The summed E-state index contributed by atoms with van der Waals surface area (Å²) in [6, 6.07) is 5.21. The van der Waals surface area contributed by atoms with Crippen molar-refractivity contribution in [1.82, 2.24) is 0 Å². The molecule has 0 aliphatic heterocycles. The Morgan fingerprint density at radius 3 is 2.56 bits per heavy atom. The molecule has 1 rings (SSSR count). The molecule has 1 aromatic rings. The van der Waals surface area contributed by atoms with Crippen molar-refractivity contribution in [2.45, 2.75) is 20.0 Å². The van der Waals surface area contributed by atoms with Gasteiger partial charge in [-0.15, -0.1) is 0 Å². The van der Waals surface area contributed by atoms with Gasteiger partial charge in [0.15, 0.2) is 0 Å². The Bertz CT molecular complexity index is 503. The van der Waals surface area contributed by atoms with Crippen LogP contribution in [0.25, 0.3) is 0 Å².